The molecule has 160 valence electrons. The monoisotopic (exact) mass is 424 g/mol. The summed E-state index contributed by atoms with van der Waals surface area (Å²) in [6.07, 6.45) is 4.65. The molecule has 0 unspecified atom stereocenters. The molecular formula is C26H24N4O2. The SMILES string of the molecule is O=C(Nc1ccc(C2=CCN(C(=O)c3ccccc3)CC2)cn1)N1Cc2ccccc2C1. The van der Waals surface area contributed by atoms with Crippen molar-refractivity contribution in [2.24, 2.45) is 0 Å². The van der Waals surface area contributed by atoms with Crippen LogP contribution in [0.3, 0.4) is 0 Å². The molecule has 3 aromatic rings. The molecule has 3 heterocycles. The molecule has 0 aliphatic carbocycles. The number of anilines is 1. The standard InChI is InChI=1S/C26H24N4O2/c31-25(20-6-2-1-3-7-20)29-14-12-19(13-15-29)21-10-11-24(27-16-21)28-26(32)30-17-22-8-4-5-9-23(22)18-30/h1-12,16H,13-15,17-18H2,(H,27,28,32). The Morgan fingerprint density at radius 3 is 2.19 bits per heavy atom. The van der Waals surface area contributed by atoms with Gasteiger partial charge in [0.2, 0.25) is 0 Å². The van der Waals surface area contributed by atoms with E-state index in [9.17, 15) is 9.59 Å². The second kappa shape index (κ2) is 8.67. The number of carbonyl (C=O) groups is 2. The van der Waals surface area contributed by atoms with Crippen molar-refractivity contribution in [1.82, 2.24) is 14.8 Å². The Kier molecular flexibility index (Phi) is 5.42. The zero-order chi connectivity index (χ0) is 21.9. The Morgan fingerprint density at radius 2 is 1.56 bits per heavy atom. The number of hydrogen-bond donors (Lipinski definition) is 1. The first-order chi connectivity index (χ1) is 15.7. The molecule has 2 aliphatic heterocycles. The Morgan fingerprint density at radius 1 is 0.844 bits per heavy atom. The number of hydrogen-bond acceptors (Lipinski definition) is 3. The fourth-order valence-corrected chi connectivity index (χ4v) is 4.20. The largest absolute Gasteiger partial charge is 0.335 e. The van der Waals surface area contributed by atoms with Gasteiger partial charge in [-0.3, -0.25) is 10.1 Å². The minimum Gasteiger partial charge on any atom is -0.335 e. The highest BCUT2D eigenvalue weighted by atomic mass is 16.2. The molecule has 6 nitrogen and oxygen atoms in total. The van der Waals surface area contributed by atoms with Gasteiger partial charge in [0.05, 0.1) is 0 Å². The molecule has 1 aromatic heterocycles. The fraction of sp³-hybridized carbons (Fsp3) is 0.192. The molecule has 0 saturated heterocycles. The van der Waals surface area contributed by atoms with Crippen LogP contribution in [0, 0.1) is 0 Å². The van der Waals surface area contributed by atoms with E-state index >= 15 is 0 Å². The minimum absolute atomic E-state index is 0.0566. The van der Waals surface area contributed by atoms with Crippen LogP contribution in [0.1, 0.15) is 33.5 Å². The van der Waals surface area contributed by atoms with Crippen LogP contribution >= 0.6 is 0 Å². The number of pyridine rings is 1. The van der Waals surface area contributed by atoms with Crippen LogP contribution in [0.5, 0.6) is 0 Å². The molecule has 1 N–H and O–H groups in total. The highest BCUT2D eigenvalue weighted by Crippen LogP contribution is 2.25. The number of rotatable bonds is 3. The number of benzene rings is 2. The molecule has 0 spiro atoms. The molecular weight excluding hydrogens is 400 g/mol. The molecule has 2 aromatic carbocycles. The first-order valence-electron chi connectivity index (χ1n) is 10.8. The van der Waals surface area contributed by atoms with Gasteiger partial charge in [-0.1, -0.05) is 48.5 Å². The van der Waals surface area contributed by atoms with Crippen molar-refractivity contribution >= 4 is 23.3 Å². The lowest BCUT2D eigenvalue weighted by Gasteiger charge is -2.26. The molecule has 6 heteroatoms. The summed E-state index contributed by atoms with van der Waals surface area (Å²) in [5.74, 6) is 0.591. The van der Waals surface area contributed by atoms with Crippen molar-refractivity contribution in [3.63, 3.8) is 0 Å². The Hall–Kier alpha value is -3.93. The lowest BCUT2D eigenvalue weighted by Crippen LogP contribution is -2.34. The smallest absolute Gasteiger partial charge is 0.323 e. The van der Waals surface area contributed by atoms with Crippen molar-refractivity contribution in [2.45, 2.75) is 19.5 Å². The van der Waals surface area contributed by atoms with Crippen molar-refractivity contribution in [3.05, 3.63) is 101 Å². The number of aromatic nitrogens is 1. The minimum atomic E-state index is -0.145. The Labute approximate surface area is 187 Å². The van der Waals surface area contributed by atoms with Gasteiger partial charge in [-0.05, 0) is 52.9 Å². The normalized spacial score (nSPS) is 15.2. The summed E-state index contributed by atoms with van der Waals surface area (Å²) in [5, 5.41) is 2.89. The van der Waals surface area contributed by atoms with E-state index in [0.29, 0.717) is 37.6 Å². The van der Waals surface area contributed by atoms with Crippen LogP contribution in [0.25, 0.3) is 5.57 Å². The predicted molar refractivity (Wildman–Crippen MR) is 124 cm³/mol. The molecule has 0 bridgehead atoms. The van der Waals surface area contributed by atoms with E-state index in [1.54, 1.807) is 11.1 Å². The number of amides is 3. The van der Waals surface area contributed by atoms with Crippen LogP contribution in [-0.4, -0.2) is 39.8 Å². The van der Waals surface area contributed by atoms with Crippen LogP contribution in [0.15, 0.2) is 79.0 Å². The van der Waals surface area contributed by atoms with E-state index in [4.69, 9.17) is 0 Å². The van der Waals surface area contributed by atoms with Crippen molar-refractivity contribution < 1.29 is 9.59 Å². The van der Waals surface area contributed by atoms with Crippen LogP contribution in [-0.2, 0) is 13.1 Å². The van der Waals surface area contributed by atoms with Crippen molar-refractivity contribution in [1.29, 1.82) is 0 Å². The summed E-state index contributed by atoms with van der Waals surface area (Å²) < 4.78 is 0. The lowest BCUT2D eigenvalue weighted by molar-refractivity contribution is 0.0773. The van der Waals surface area contributed by atoms with Gasteiger partial charge in [0, 0.05) is 37.9 Å². The molecule has 5 rings (SSSR count). The van der Waals surface area contributed by atoms with Gasteiger partial charge in [0.25, 0.3) is 5.91 Å². The average Bonchev–Trinajstić information content (AvgIpc) is 3.29. The maximum absolute atomic E-state index is 12.6. The van der Waals surface area contributed by atoms with Crippen LogP contribution in [0.2, 0.25) is 0 Å². The average molecular weight is 425 g/mol. The fourth-order valence-electron chi connectivity index (χ4n) is 4.20. The van der Waals surface area contributed by atoms with Crippen molar-refractivity contribution in [2.75, 3.05) is 18.4 Å². The summed E-state index contributed by atoms with van der Waals surface area (Å²) >= 11 is 0. The molecule has 0 fully saturated rings. The summed E-state index contributed by atoms with van der Waals surface area (Å²) in [5.41, 5.74) is 5.28. The first kappa shape index (κ1) is 20.0. The second-order valence-corrected chi connectivity index (χ2v) is 8.08. The van der Waals surface area contributed by atoms with Gasteiger partial charge in [-0.15, -0.1) is 0 Å². The summed E-state index contributed by atoms with van der Waals surface area (Å²) in [4.78, 5) is 33.3. The number of carbonyl (C=O) groups excluding carboxylic acids is 2. The summed E-state index contributed by atoms with van der Waals surface area (Å²) in [6.45, 7) is 2.49. The van der Waals surface area contributed by atoms with E-state index in [2.05, 4.69) is 28.5 Å². The van der Waals surface area contributed by atoms with Gasteiger partial charge < -0.3 is 9.80 Å². The number of fused-ring (bicyclic) bond motifs is 1. The molecule has 3 amide bonds. The predicted octanol–water partition coefficient (Wildman–Crippen LogP) is 4.56. The number of nitrogens with one attached hydrogen (secondary N) is 1. The van der Waals surface area contributed by atoms with E-state index in [-0.39, 0.29) is 11.9 Å². The van der Waals surface area contributed by atoms with E-state index in [1.165, 1.54) is 16.7 Å². The maximum Gasteiger partial charge on any atom is 0.323 e. The summed E-state index contributed by atoms with van der Waals surface area (Å²) in [7, 11) is 0. The summed E-state index contributed by atoms with van der Waals surface area (Å²) in [6, 6.07) is 21.1. The third-order valence-electron chi connectivity index (χ3n) is 6.01. The van der Waals surface area contributed by atoms with E-state index < -0.39 is 0 Å². The lowest BCUT2D eigenvalue weighted by atomic mass is 10.0. The van der Waals surface area contributed by atoms with Gasteiger partial charge in [0.15, 0.2) is 0 Å². The van der Waals surface area contributed by atoms with E-state index in [0.717, 1.165) is 12.0 Å². The second-order valence-electron chi connectivity index (χ2n) is 8.08. The third kappa shape index (κ3) is 4.12. The highest BCUT2D eigenvalue weighted by molar-refractivity contribution is 5.94. The van der Waals surface area contributed by atoms with Gasteiger partial charge in [-0.2, -0.15) is 0 Å². The highest BCUT2D eigenvalue weighted by Gasteiger charge is 2.23. The van der Waals surface area contributed by atoms with Crippen LogP contribution in [0.4, 0.5) is 10.6 Å². The first-order valence-corrected chi connectivity index (χ1v) is 10.8. The van der Waals surface area contributed by atoms with Crippen molar-refractivity contribution in [3.8, 4) is 0 Å². The Bertz CT molecular complexity index is 1150. The zero-order valence-corrected chi connectivity index (χ0v) is 17.7. The number of nitrogens with zero attached hydrogens (tertiary/aromatic N) is 3. The van der Waals surface area contributed by atoms with Gasteiger partial charge in [-0.25, -0.2) is 9.78 Å². The van der Waals surface area contributed by atoms with E-state index in [1.807, 2.05) is 59.5 Å². The molecule has 0 radical (unpaired) electrons. The number of urea groups is 1. The van der Waals surface area contributed by atoms with Gasteiger partial charge >= 0.3 is 6.03 Å². The maximum atomic E-state index is 12.6. The Balaban J connectivity index is 1.19. The molecule has 0 atom stereocenters. The molecule has 32 heavy (non-hydrogen) atoms. The molecule has 0 saturated carbocycles. The third-order valence-corrected chi connectivity index (χ3v) is 6.01. The van der Waals surface area contributed by atoms with Gasteiger partial charge in [0.1, 0.15) is 5.82 Å². The zero-order valence-electron chi connectivity index (χ0n) is 17.7. The quantitative estimate of drug-likeness (QED) is 0.670. The van der Waals surface area contributed by atoms with Crippen LogP contribution < -0.4 is 5.32 Å². The molecule has 2 aliphatic rings. The topological polar surface area (TPSA) is 65.5 Å².